The Bertz CT molecular complexity index is 541. The number of anilines is 2. The number of methoxy groups -OCH3 is 2. The summed E-state index contributed by atoms with van der Waals surface area (Å²) in [6, 6.07) is 9.43. The average Bonchev–Trinajstić information content (AvgIpc) is 2.46. The first-order chi connectivity index (χ1) is 9.22. The Morgan fingerprint density at radius 2 is 2.00 bits per heavy atom. The summed E-state index contributed by atoms with van der Waals surface area (Å²) in [6.07, 6.45) is 1.67. The van der Waals surface area contributed by atoms with Gasteiger partial charge < -0.3 is 20.5 Å². The lowest BCUT2D eigenvalue weighted by Gasteiger charge is -2.09. The molecule has 3 N–H and O–H groups in total. The van der Waals surface area contributed by atoms with Gasteiger partial charge in [-0.05, 0) is 29.8 Å². The SMILES string of the molecule is COc1ccc(NCc2ccc(OC)c(N)c2)nc1. The number of nitrogen functional groups attached to an aromatic ring is 1. The van der Waals surface area contributed by atoms with E-state index >= 15 is 0 Å². The van der Waals surface area contributed by atoms with Crippen LogP contribution in [0.5, 0.6) is 11.5 Å². The molecule has 0 radical (unpaired) electrons. The van der Waals surface area contributed by atoms with Crippen LogP contribution < -0.4 is 20.5 Å². The van der Waals surface area contributed by atoms with Crippen LogP contribution in [0.4, 0.5) is 11.5 Å². The van der Waals surface area contributed by atoms with Gasteiger partial charge in [0.2, 0.25) is 0 Å². The molecule has 1 aromatic heterocycles. The Balaban J connectivity index is 1.99. The second-order valence-electron chi connectivity index (χ2n) is 4.01. The molecule has 0 saturated carbocycles. The fraction of sp³-hybridized carbons (Fsp3) is 0.214. The first-order valence-corrected chi connectivity index (χ1v) is 5.89. The van der Waals surface area contributed by atoms with E-state index in [0.29, 0.717) is 18.0 Å². The Hall–Kier alpha value is -2.43. The average molecular weight is 259 g/mol. The Kier molecular flexibility index (Phi) is 4.07. The fourth-order valence-corrected chi connectivity index (χ4v) is 1.69. The molecule has 1 heterocycles. The van der Waals surface area contributed by atoms with Gasteiger partial charge in [0.15, 0.2) is 0 Å². The van der Waals surface area contributed by atoms with Crippen molar-refractivity contribution in [2.75, 3.05) is 25.3 Å². The van der Waals surface area contributed by atoms with Gasteiger partial charge in [-0.15, -0.1) is 0 Å². The number of benzene rings is 1. The maximum atomic E-state index is 5.85. The number of rotatable bonds is 5. The van der Waals surface area contributed by atoms with Crippen LogP contribution in [0.1, 0.15) is 5.56 Å². The minimum Gasteiger partial charge on any atom is -0.495 e. The topological polar surface area (TPSA) is 69.4 Å². The highest BCUT2D eigenvalue weighted by Gasteiger charge is 2.01. The van der Waals surface area contributed by atoms with Gasteiger partial charge in [-0.3, -0.25) is 0 Å². The zero-order chi connectivity index (χ0) is 13.7. The molecule has 0 aliphatic heterocycles. The maximum Gasteiger partial charge on any atom is 0.141 e. The number of ether oxygens (including phenoxy) is 2. The third-order valence-corrected chi connectivity index (χ3v) is 2.74. The number of hydrogen-bond acceptors (Lipinski definition) is 5. The molecule has 100 valence electrons. The Morgan fingerprint density at radius 1 is 1.16 bits per heavy atom. The van der Waals surface area contributed by atoms with Gasteiger partial charge in [0, 0.05) is 6.54 Å². The minimum absolute atomic E-state index is 0.629. The van der Waals surface area contributed by atoms with Crippen LogP contribution in [0.15, 0.2) is 36.5 Å². The van der Waals surface area contributed by atoms with E-state index in [1.165, 1.54) is 0 Å². The Labute approximate surface area is 112 Å². The van der Waals surface area contributed by atoms with E-state index < -0.39 is 0 Å². The quantitative estimate of drug-likeness (QED) is 0.806. The standard InChI is InChI=1S/C14H17N3O2/c1-18-11-4-6-14(17-9-11)16-8-10-3-5-13(19-2)12(15)7-10/h3-7,9H,8,15H2,1-2H3,(H,16,17). The maximum absolute atomic E-state index is 5.85. The molecule has 5 nitrogen and oxygen atoms in total. The van der Waals surface area contributed by atoms with Crippen molar-refractivity contribution < 1.29 is 9.47 Å². The molecule has 0 amide bonds. The van der Waals surface area contributed by atoms with Crippen molar-refractivity contribution >= 4 is 11.5 Å². The Morgan fingerprint density at radius 3 is 2.58 bits per heavy atom. The highest BCUT2D eigenvalue weighted by molar-refractivity contribution is 5.54. The predicted molar refractivity (Wildman–Crippen MR) is 75.5 cm³/mol. The van der Waals surface area contributed by atoms with Crippen molar-refractivity contribution in [3.05, 3.63) is 42.1 Å². The molecule has 0 aliphatic carbocycles. The van der Waals surface area contributed by atoms with Crippen LogP contribution in [0.2, 0.25) is 0 Å². The molecule has 2 aromatic rings. The lowest BCUT2D eigenvalue weighted by atomic mass is 10.2. The largest absolute Gasteiger partial charge is 0.495 e. The second-order valence-corrected chi connectivity index (χ2v) is 4.01. The van der Waals surface area contributed by atoms with E-state index in [-0.39, 0.29) is 0 Å². The predicted octanol–water partition coefficient (Wildman–Crippen LogP) is 2.29. The summed E-state index contributed by atoms with van der Waals surface area (Å²) in [6.45, 7) is 0.646. The zero-order valence-corrected chi connectivity index (χ0v) is 11.0. The van der Waals surface area contributed by atoms with E-state index in [9.17, 15) is 0 Å². The summed E-state index contributed by atoms with van der Waals surface area (Å²) in [5, 5.41) is 3.21. The molecule has 0 atom stereocenters. The van der Waals surface area contributed by atoms with Gasteiger partial charge in [0.25, 0.3) is 0 Å². The summed E-state index contributed by atoms with van der Waals surface area (Å²) in [5.41, 5.74) is 7.55. The van der Waals surface area contributed by atoms with Crippen LogP contribution in [0, 0.1) is 0 Å². The van der Waals surface area contributed by atoms with Gasteiger partial charge in [-0.1, -0.05) is 6.07 Å². The van der Waals surface area contributed by atoms with E-state index in [1.807, 2.05) is 30.3 Å². The lowest BCUT2D eigenvalue weighted by Crippen LogP contribution is -2.02. The van der Waals surface area contributed by atoms with Crippen LogP contribution in [-0.4, -0.2) is 19.2 Å². The summed E-state index contributed by atoms with van der Waals surface area (Å²) in [4.78, 5) is 4.23. The van der Waals surface area contributed by atoms with Crippen molar-refractivity contribution in [1.82, 2.24) is 4.98 Å². The van der Waals surface area contributed by atoms with Crippen molar-refractivity contribution in [2.45, 2.75) is 6.54 Å². The molecular weight excluding hydrogens is 242 g/mol. The molecule has 2 rings (SSSR count). The minimum atomic E-state index is 0.629. The molecular formula is C14H17N3O2. The van der Waals surface area contributed by atoms with Gasteiger partial charge in [-0.25, -0.2) is 4.98 Å². The number of nitrogens with two attached hydrogens (primary N) is 1. The second kappa shape index (κ2) is 5.95. The first-order valence-electron chi connectivity index (χ1n) is 5.89. The van der Waals surface area contributed by atoms with E-state index in [2.05, 4.69) is 10.3 Å². The van der Waals surface area contributed by atoms with Crippen molar-refractivity contribution in [2.24, 2.45) is 0 Å². The molecule has 1 aromatic carbocycles. The van der Waals surface area contributed by atoms with Crippen LogP contribution in [0.25, 0.3) is 0 Å². The van der Waals surface area contributed by atoms with Gasteiger partial charge in [0.05, 0.1) is 26.1 Å². The molecule has 0 saturated heterocycles. The summed E-state index contributed by atoms with van der Waals surface area (Å²) < 4.78 is 10.2. The number of pyridine rings is 1. The fourth-order valence-electron chi connectivity index (χ4n) is 1.69. The van der Waals surface area contributed by atoms with Crippen LogP contribution in [0.3, 0.4) is 0 Å². The smallest absolute Gasteiger partial charge is 0.141 e. The summed E-state index contributed by atoms with van der Waals surface area (Å²) in [5.74, 6) is 2.21. The lowest BCUT2D eigenvalue weighted by molar-refractivity contribution is 0.413. The van der Waals surface area contributed by atoms with Crippen LogP contribution in [-0.2, 0) is 6.54 Å². The zero-order valence-electron chi connectivity index (χ0n) is 11.0. The number of aromatic nitrogens is 1. The van der Waals surface area contributed by atoms with Gasteiger partial charge >= 0.3 is 0 Å². The van der Waals surface area contributed by atoms with Crippen molar-refractivity contribution in [1.29, 1.82) is 0 Å². The number of hydrogen-bond donors (Lipinski definition) is 2. The molecule has 5 heteroatoms. The summed E-state index contributed by atoms with van der Waals surface area (Å²) in [7, 11) is 3.22. The highest BCUT2D eigenvalue weighted by atomic mass is 16.5. The third-order valence-electron chi connectivity index (χ3n) is 2.74. The van der Waals surface area contributed by atoms with E-state index in [4.69, 9.17) is 15.2 Å². The molecule has 0 bridgehead atoms. The number of nitrogens with one attached hydrogen (secondary N) is 1. The molecule has 0 fully saturated rings. The first kappa shape index (κ1) is 13.0. The third kappa shape index (κ3) is 3.28. The highest BCUT2D eigenvalue weighted by Crippen LogP contribution is 2.22. The molecule has 0 spiro atoms. The monoisotopic (exact) mass is 259 g/mol. The van der Waals surface area contributed by atoms with Crippen LogP contribution >= 0.6 is 0 Å². The van der Waals surface area contributed by atoms with E-state index in [0.717, 1.165) is 17.1 Å². The van der Waals surface area contributed by atoms with Gasteiger partial charge in [-0.2, -0.15) is 0 Å². The van der Waals surface area contributed by atoms with Crippen molar-refractivity contribution in [3.63, 3.8) is 0 Å². The molecule has 19 heavy (non-hydrogen) atoms. The molecule has 0 aliphatic rings. The van der Waals surface area contributed by atoms with Crippen molar-refractivity contribution in [3.8, 4) is 11.5 Å². The van der Waals surface area contributed by atoms with Gasteiger partial charge in [0.1, 0.15) is 17.3 Å². The molecule has 0 unspecified atom stereocenters. The normalized spacial score (nSPS) is 10.0. The summed E-state index contributed by atoms with van der Waals surface area (Å²) >= 11 is 0. The van der Waals surface area contributed by atoms with E-state index in [1.54, 1.807) is 20.4 Å². The number of nitrogens with zero attached hydrogens (tertiary/aromatic N) is 1.